The van der Waals surface area contributed by atoms with Crippen LogP contribution < -0.4 is 34.0 Å². The Hall–Kier alpha value is 1.76. The summed E-state index contributed by atoms with van der Waals surface area (Å²) in [7, 11) is 0. The molecular formula is C6H14Br2Sn. The van der Waals surface area contributed by atoms with E-state index in [9.17, 15) is 0 Å². The van der Waals surface area contributed by atoms with Crippen LogP contribution in [-0.2, 0) is 0 Å². The molecule has 0 amide bonds. The van der Waals surface area contributed by atoms with E-state index in [1.807, 2.05) is 0 Å². The summed E-state index contributed by atoms with van der Waals surface area (Å²) in [6, 6.07) is 0. The molecule has 3 heteroatoms. The fourth-order valence-electron chi connectivity index (χ4n) is 0.479. The topological polar surface area (TPSA) is 0 Å². The van der Waals surface area contributed by atoms with Gasteiger partial charge in [-0.3, -0.25) is 0 Å². The first-order chi connectivity index (χ1) is 3.41. The maximum atomic E-state index is 2.29. The zero-order valence-corrected chi connectivity index (χ0v) is 12.1. The number of rotatable bonds is 4. The molecule has 9 heavy (non-hydrogen) atoms. The van der Waals surface area contributed by atoms with Crippen molar-refractivity contribution in [1.82, 2.24) is 0 Å². The van der Waals surface area contributed by atoms with Gasteiger partial charge in [-0.15, -0.1) is 0 Å². The second kappa shape index (κ2) is 16.4. The molecule has 0 heterocycles. The molecule has 0 saturated carbocycles. The predicted molar refractivity (Wildman–Crippen MR) is 35.9 cm³/mol. The summed E-state index contributed by atoms with van der Waals surface area (Å²) in [5.74, 6) is 0. The van der Waals surface area contributed by atoms with E-state index in [1.54, 1.807) is 8.87 Å². The van der Waals surface area contributed by atoms with Crippen molar-refractivity contribution in [1.29, 1.82) is 0 Å². The molecule has 0 rings (SSSR count). The van der Waals surface area contributed by atoms with Crippen LogP contribution in [0.4, 0.5) is 0 Å². The minimum Gasteiger partial charge on any atom is -1.00 e. The normalized spacial score (nSPS) is 6.44. The molecule has 0 aliphatic carbocycles. The van der Waals surface area contributed by atoms with Crippen molar-refractivity contribution in [3.05, 3.63) is 0 Å². The first-order valence-corrected chi connectivity index (χ1v) is 7.16. The second-order valence-corrected chi connectivity index (χ2v) is 6.03. The molecule has 0 aromatic rings. The summed E-state index contributed by atoms with van der Waals surface area (Å²) in [6.45, 7) is 4.58. The van der Waals surface area contributed by atoms with Gasteiger partial charge in [-0.05, 0) is 0 Å². The van der Waals surface area contributed by atoms with Gasteiger partial charge in [-0.1, -0.05) is 0 Å². The molecule has 0 aromatic heterocycles. The fourth-order valence-corrected chi connectivity index (χ4v) is 3.21. The smallest absolute Gasteiger partial charge is 1.00 e. The van der Waals surface area contributed by atoms with Gasteiger partial charge in [0.25, 0.3) is 0 Å². The Morgan fingerprint density at radius 2 is 1.22 bits per heavy atom. The Labute approximate surface area is 89.9 Å². The van der Waals surface area contributed by atoms with E-state index in [0.717, 1.165) is 0 Å². The molecule has 0 fully saturated rings. The van der Waals surface area contributed by atoms with Crippen molar-refractivity contribution in [2.75, 3.05) is 0 Å². The summed E-state index contributed by atoms with van der Waals surface area (Å²) < 4.78 is 3.19. The average Bonchev–Trinajstić information content (AvgIpc) is 1.69. The Morgan fingerprint density at radius 1 is 0.889 bits per heavy atom. The van der Waals surface area contributed by atoms with Crippen LogP contribution in [0.3, 0.4) is 0 Å². The summed E-state index contributed by atoms with van der Waals surface area (Å²) >= 11 is 0.181. The number of halogens is 2. The summed E-state index contributed by atoms with van der Waals surface area (Å²) in [4.78, 5) is 0. The molecule has 0 spiro atoms. The largest absolute Gasteiger partial charge is 1.00 e. The Morgan fingerprint density at radius 3 is 1.44 bits per heavy atom. The van der Waals surface area contributed by atoms with Crippen LogP contribution in [0.15, 0.2) is 0 Å². The molecule has 56 valence electrons. The van der Waals surface area contributed by atoms with E-state index in [2.05, 4.69) is 13.8 Å². The minimum absolute atomic E-state index is 0. The van der Waals surface area contributed by atoms with Crippen molar-refractivity contribution in [2.45, 2.75) is 35.6 Å². The van der Waals surface area contributed by atoms with E-state index < -0.39 is 0 Å². The van der Waals surface area contributed by atoms with Crippen LogP contribution >= 0.6 is 0 Å². The molecule has 0 nitrogen and oxygen atoms in total. The van der Waals surface area contributed by atoms with E-state index in [4.69, 9.17) is 0 Å². The van der Waals surface area contributed by atoms with Crippen molar-refractivity contribution in [3.8, 4) is 0 Å². The van der Waals surface area contributed by atoms with Crippen LogP contribution in [0.1, 0.15) is 26.7 Å². The maximum Gasteiger partial charge on any atom is -1.00 e. The van der Waals surface area contributed by atoms with Crippen LogP contribution in [0.2, 0.25) is 8.87 Å². The van der Waals surface area contributed by atoms with Crippen LogP contribution in [0, 0.1) is 0 Å². The standard InChI is InChI=1S/2C3H7.2BrH.Sn/c2*1-3-2;;;/h2*1,3H2,2H3;2*1H;/q;;;;+2/p-2. The van der Waals surface area contributed by atoms with Crippen molar-refractivity contribution in [2.24, 2.45) is 0 Å². The summed E-state index contributed by atoms with van der Waals surface area (Å²) in [6.07, 6.45) is 2.87. The molecule has 0 aliphatic rings. The van der Waals surface area contributed by atoms with Gasteiger partial charge in [0.1, 0.15) is 0 Å². The molecule has 0 aliphatic heterocycles. The SMILES string of the molecule is CC[CH2][Sn+2][CH2]CC.[Br-].[Br-]. The van der Waals surface area contributed by atoms with Gasteiger partial charge in [-0.25, -0.2) is 0 Å². The monoisotopic (exact) mass is 364 g/mol. The third-order valence-electron chi connectivity index (χ3n) is 0.854. The number of hydrogen-bond donors (Lipinski definition) is 0. The first-order valence-electron chi connectivity index (χ1n) is 3.12. The third-order valence-corrected chi connectivity index (χ3v) is 5.73. The average molecular weight is 365 g/mol. The Bertz CT molecular complexity index is 30.2. The molecule has 0 aromatic carbocycles. The van der Waals surface area contributed by atoms with E-state index >= 15 is 0 Å². The van der Waals surface area contributed by atoms with E-state index in [0.29, 0.717) is 0 Å². The zero-order chi connectivity index (χ0) is 5.54. The Balaban J connectivity index is -0.000000180. The van der Waals surface area contributed by atoms with Gasteiger partial charge in [-0.2, -0.15) is 0 Å². The van der Waals surface area contributed by atoms with E-state index in [-0.39, 0.29) is 55.1 Å². The van der Waals surface area contributed by atoms with Crippen LogP contribution in [0.5, 0.6) is 0 Å². The van der Waals surface area contributed by atoms with Crippen LogP contribution in [0.25, 0.3) is 0 Å². The molecule has 0 atom stereocenters. The van der Waals surface area contributed by atoms with Gasteiger partial charge in [0.2, 0.25) is 0 Å². The first kappa shape index (κ1) is 17.0. The maximum absolute atomic E-state index is 2.29. The predicted octanol–water partition coefficient (Wildman–Crippen LogP) is -3.64. The molecular weight excluding hydrogens is 351 g/mol. The zero-order valence-electron chi connectivity index (χ0n) is 6.08. The summed E-state index contributed by atoms with van der Waals surface area (Å²) in [5.41, 5.74) is 0. The van der Waals surface area contributed by atoms with Crippen molar-refractivity contribution < 1.29 is 34.0 Å². The molecule has 0 N–H and O–H groups in total. The fraction of sp³-hybridized carbons (Fsp3) is 1.00. The molecule has 0 saturated heterocycles. The summed E-state index contributed by atoms with van der Waals surface area (Å²) in [5, 5.41) is 0. The number of hydrogen-bond acceptors (Lipinski definition) is 0. The van der Waals surface area contributed by atoms with Crippen LogP contribution in [-0.4, -0.2) is 21.1 Å². The van der Waals surface area contributed by atoms with Gasteiger partial charge in [0, 0.05) is 0 Å². The Kier molecular flexibility index (Phi) is 31.0. The van der Waals surface area contributed by atoms with Gasteiger partial charge < -0.3 is 34.0 Å². The molecule has 0 unspecified atom stereocenters. The van der Waals surface area contributed by atoms with Crippen molar-refractivity contribution >= 4 is 21.1 Å². The van der Waals surface area contributed by atoms with Crippen molar-refractivity contribution in [3.63, 3.8) is 0 Å². The molecule has 0 bridgehead atoms. The quantitative estimate of drug-likeness (QED) is 0.357. The third kappa shape index (κ3) is 17.7. The van der Waals surface area contributed by atoms with Gasteiger partial charge in [0.05, 0.1) is 0 Å². The van der Waals surface area contributed by atoms with E-state index in [1.165, 1.54) is 12.8 Å². The van der Waals surface area contributed by atoms with Gasteiger partial charge >= 0.3 is 56.7 Å². The molecule has 0 radical (unpaired) electrons. The van der Waals surface area contributed by atoms with Gasteiger partial charge in [0.15, 0.2) is 0 Å². The second-order valence-electron chi connectivity index (χ2n) is 1.75. The minimum atomic E-state index is 0.